The van der Waals surface area contributed by atoms with Gasteiger partial charge in [-0.25, -0.2) is 0 Å². The first-order valence-electron chi connectivity index (χ1n) is 11.5. The Bertz CT molecular complexity index is 1370. The maximum absolute atomic E-state index is 12.2. The van der Waals surface area contributed by atoms with Crippen LogP contribution in [0.15, 0.2) is 30.5 Å². The van der Waals surface area contributed by atoms with Crippen LogP contribution in [0.25, 0.3) is 11.1 Å². The van der Waals surface area contributed by atoms with Crippen LogP contribution < -0.4 is 21.1 Å². The molecule has 1 saturated carbocycles. The highest BCUT2D eigenvalue weighted by atomic mass is 16.5. The fourth-order valence-electron chi connectivity index (χ4n) is 4.11. The molecule has 1 aliphatic heterocycles. The number of primary amides is 1. The van der Waals surface area contributed by atoms with E-state index in [1.54, 1.807) is 16.8 Å². The van der Waals surface area contributed by atoms with Crippen LogP contribution >= 0.6 is 0 Å². The molecule has 1 aromatic carbocycles. The van der Waals surface area contributed by atoms with E-state index in [1.165, 1.54) is 13.2 Å². The Balaban J connectivity index is 1.51. The van der Waals surface area contributed by atoms with Crippen molar-refractivity contribution in [3.05, 3.63) is 41.9 Å². The topological polar surface area (TPSA) is 170 Å². The van der Waals surface area contributed by atoms with Gasteiger partial charge in [-0.3, -0.25) is 14.3 Å². The van der Waals surface area contributed by atoms with Crippen LogP contribution in [0.2, 0.25) is 0 Å². The van der Waals surface area contributed by atoms with Gasteiger partial charge in [-0.2, -0.15) is 10.4 Å². The Morgan fingerprint density at radius 1 is 1.22 bits per heavy atom. The third-order valence-electron chi connectivity index (χ3n) is 6.12. The quantitative estimate of drug-likeness (QED) is 0.430. The van der Waals surface area contributed by atoms with Gasteiger partial charge in [-0.1, -0.05) is 12.1 Å². The molecule has 3 aromatic rings. The van der Waals surface area contributed by atoms with Gasteiger partial charge >= 0.3 is 0 Å². The summed E-state index contributed by atoms with van der Waals surface area (Å²) in [5.74, 6) is -0.336. The molecular formula is C24H24N8O4. The van der Waals surface area contributed by atoms with E-state index >= 15 is 0 Å². The average molecular weight is 489 g/mol. The summed E-state index contributed by atoms with van der Waals surface area (Å²) < 4.78 is 12.9. The third-order valence-corrected chi connectivity index (χ3v) is 6.12. The lowest BCUT2D eigenvalue weighted by Crippen LogP contribution is -2.19. The summed E-state index contributed by atoms with van der Waals surface area (Å²) >= 11 is 0. The number of ether oxygens (including phenoxy) is 2. The van der Waals surface area contributed by atoms with E-state index in [9.17, 15) is 14.9 Å². The third kappa shape index (κ3) is 4.56. The number of rotatable bonds is 8. The van der Waals surface area contributed by atoms with Crippen molar-refractivity contribution in [1.29, 1.82) is 5.26 Å². The van der Waals surface area contributed by atoms with Gasteiger partial charge < -0.3 is 25.8 Å². The molecule has 2 amide bonds. The lowest BCUT2D eigenvalue weighted by molar-refractivity contribution is -0.117. The summed E-state index contributed by atoms with van der Waals surface area (Å²) in [6.45, 7) is 1.19. The second-order valence-corrected chi connectivity index (χ2v) is 8.63. The number of hydrogen-bond donors (Lipinski definition) is 3. The van der Waals surface area contributed by atoms with Crippen LogP contribution in [-0.4, -0.2) is 52.1 Å². The second kappa shape index (κ2) is 9.63. The van der Waals surface area contributed by atoms with Gasteiger partial charge in [0.25, 0.3) is 5.91 Å². The molecule has 0 bridgehead atoms. The number of para-hydroxylation sites is 1. The summed E-state index contributed by atoms with van der Waals surface area (Å²) in [5.41, 5.74) is 7.64. The Kier molecular flexibility index (Phi) is 6.22. The van der Waals surface area contributed by atoms with Gasteiger partial charge in [0.05, 0.1) is 31.1 Å². The lowest BCUT2D eigenvalue weighted by Gasteiger charge is -2.16. The van der Waals surface area contributed by atoms with Gasteiger partial charge in [0.2, 0.25) is 5.91 Å². The number of nitrogens with zero attached hydrogens (tertiary/aromatic N) is 5. The van der Waals surface area contributed by atoms with Crippen molar-refractivity contribution < 1.29 is 19.1 Å². The molecule has 0 spiro atoms. The summed E-state index contributed by atoms with van der Waals surface area (Å²) in [7, 11) is 1.51. The van der Waals surface area contributed by atoms with E-state index in [0.29, 0.717) is 35.8 Å². The van der Waals surface area contributed by atoms with E-state index in [1.807, 2.05) is 12.3 Å². The number of anilines is 3. The number of benzene rings is 1. The maximum Gasteiger partial charge on any atom is 0.271 e. The van der Waals surface area contributed by atoms with Crippen molar-refractivity contribution in [3.63, 3.8) is 0 Å². The first kappa shape index (κ1) is 23.3. The number of hydrogen-bond acceptors (Lipinski definition) is 9. The van der Waals surface area contributed by atoms with Gasteiger partial charge in [-0.15, -0.1) is 10.2 Å². The SMILES string of the molecule is COc1c(Nc2cc(NC(=O)C3CC3)nnc2C(N)=O)cccc1-c1cn([C@H]2CCOC2)nc1C#N. The van der Waals surface area contributed by atoms with Crippen molar-refractivity contribution in [1.82, 2.24) is 20.0 Å². The van der Waals surface area contributed by atoms with E-state index in [0.717, 1.165) is 19.3 Å². The van der Waals surface area contributed by atoms with E-state index in [2.05, 4.69) is 32.0 Å². The molecule has 12 nitrogen and oxygen atoms in total. The van der Waals surface area contributed by atoms with Crippen LogP contribution in [-0.2, 0) is 9.53 Å². The van der Waals surface area contributed by atoms with Gasteiger partial charge in [0.15, 0.2) is 17.2 Å². The molecule has 3 heterocycles. The van der Waals surface area contributed by atoms with Gasteiger partial charge in [-0.05, 0) is 25.3 Å². The lowest BCUT2D eigenvalue weighted by atomic mass is 10.0. The summed E-state index contributed by atoms with van der Waals surface area (Å²) in [6, 6.07) is 9.06. The molecule has 0 unspecified atom stereocenters. The zero-order valence-electron chi connectivity index (χ0n) is 19.5. The number of methoxy groups -OCH3 is 1. The number of nitrogens with two attached hydrogens (primary N) is 1. The summed E-state index contributed by atoms with van der Waals surface area (Å²) in [4.78, 5) is 24.2. The van der Waals surface area contributed by atoms with Crippen molar-refractivity contribution in [2.45, 2.75) is 25.3 Å². The Morgan fingerprint density at radius 2 is 2.06 bits per heavy atom. The Labute approximate surface area is 206 Å². The van der Waals surface area contributed by atoms with Crippen molar-refractivity contribution >= 4 is 29.0 Å². The highest BCUT2D eigenvalue weighted by Crippen LogP contribution is 2.40. The largest absolute Gasteiger partial charge is 0.494 e. The van der Waals surface area contributed by atoms with Crippen LogP contribution in [0.3, 0.4) is 0 Å². The van der Waals surface area contributed by atoms with Crippen molar-refractivity contribution in [2.75, 3.05) is 31.0 Å². The maximum atomic E-state index is 12.2. The minimum Gasteiger partial charge on any atom is -0.494 e. The molecule has 1 atom stereocenters. The molecule has 1 saturated heterocycles. The number of nitrogens with one attached hydrogen (secondary N) is 2. The molecule has 4 N–H and O–H groups in total. The highest BCUT2D eigenvalue weighted by Gasteiger charge is 2.30. The zero-order chi connectivity index (χ0) is 25.2. The number of nitriles is 1. The van der Waals surface area contributed by atoms with Crippen molar-refractivity contribution in [2.24, 2.45) is 11.7 Å². The predicted octanol–water partition coefficient (Wildman–Crippen LogP) is 2.37. The van der Waals surface area contributed by atoms with Crippen LogP contribution in [0, 0.1) is 17.2 Å². The van der Waals surface area contributed by atoms with Crippen molar-refractivity contribution in [3.8, 4) is 22.9 Å². The zero-order valence-corrected chi connectivity index (χ0v) is 19.5. The standard InChI is InChI=1S/C24H24N8O4/c1-35-22-15(16-11-32(31-19(16)10-25)14-7-8-36-12-14)3-2-4-17(22)27-18-9-20(28-24(34)13-5-6-13)29-30-21(18)23(26)33/h2-4,9,11,13-14H,5-8,12H2,1H3,(H2,26,33)(H2,27,28,29,34)/t14-/m0/s1. The second-order valence-electron chi connectivity index (χ2n) is 8.63. The molecular weight excluding hydrogens is 464 g/mol. The first-order valence-corrected chi connectivity index (χ1v) is 11.5. The minimum absolute atomic E-state index is 0.0261. The van der Waals surface area contributed by atoms with E-state index < -0.39 is 5.91 Å². The van der Waals surface area contributed by atoms with Gasteiger partial charge in [0, 0.05) is 35.9 Å². The number of carbonyl (C=O) groups is 2. The molecule has 2 fully saturated rings. The fourth-order valence-corrected chi connectivity index (χ4v) is 4.11. The molecule has 0 radical (unpaired) electrons. The van der Waals surface area contributed by atoms with Crippen LogP contribution in [0.5, 0.6) is 5.75 Å². The predicted molar refractivity (Wildman–Crippen MR) is 129 cm³/mol. The minimum atomic E-state index is -0.785. The van der Waals surface area contributed by atoms with E-state index in [4.69, 9.17) is 15.2 Å². The van der Waals surface area contributed by atoms with Crippen LogP contribution in [0.4, 0.5) is 17.2 Å². The molecule has 36 heavy (non-hydrogen) atoms. The normalized spacial score (nSPS) is 16.8. The molecule has 2 aromatic heterocycles. The monoisotopic (exact) mass is 488 g/mol. The Hall–Kier alpha value is -4.50. The number of carbonyl (C=O) groups excluding carboxylic acids is 2. The fraction of sp³-hybridized carbons (Fsp3) is 0.333. The summed E-state index contributed by atoms with van der Waals surface area (Å²) in [6.07, 6.45) is 4.30. The van der Waals surface area contributed by atoms with Crippen LogP contribution in [0.1, 0.15) is 41.5 Å². The molecule has 12 heteroatoms. The molecule has 2 aliphatic rings. The molecule has 1 aliphatic carbocycles. The van der Waals surface area contributed by atoms with E-state index in [-0.39, 0.29) is 40.8 Å². The average Bonchev–Trinajstić information content (AvgIpc) is 3.41. The Morgan fingerprint density at radius 3 is 2.72 bits per heavy atom. The first-order chi connectivity index (χ1) is 17.5. The molecule has 184 valence electrons. The molecule has 5 rings (SSSR count). The van der Waals surface area contributed by atoms with Gasteiger partial charge in [0.1, 0.15) is 11.8 Å². The smallest absolute Gasteiger partial charge is 0.271 e. The highest BCUT2D eigenvalue weighted by molar-refractivity contribution is 5.99. The number of amides is 2. The summed E-state index contributed by atoms with van der Waals surface area (Å²) in [5, 5.41) is 27.8. The number of aromatic nitrogens is 4.